The lowest BCUT2D eigenvalue weighted by Gasteiger charge is -2.25. The quantitative estimate of drug-likeness (QED) is 0.828. The molecule has 0 aliphatic carbocycles. The van der Waals surface area contributed by atoms with Crippen molar-refractivity contribution in [1.82, 2.24) is 0 Å². The van der Waals surface area contributed by atoms with Gasteiger partial charge in [-0.2, -0.15) is 0 Å². The molecular formula is C14H22O2. The van der Waals surface area contributed by atoms with Gasteiger partial charge in [0.2, 0.25) is 0 Å². The minimum Gasteiger partial charge on any atom is -0.491 e. The molecule has 1 N–H and O–H groups in total. The molecule has 90 valence electrons. The maximum atomic E-state index is 10.1. The second-order valence-electron chi connectivity index (χ2n) is 4.54. The maximum absolute atomic E-state index is 10.1. The molecule has 0 fully saturated rings. The van der Waals surface area contributed by atoms with Crippen molar-refractivity contribution in [2.24, 2.45) is 0 Å². The van der Waals surface area contributed by atoms with Crippen molar-refractivity contribution in [2.45, 2.75) is 46.1 Å². The molecular weight excluding hydrogens is 200 g/mol. The van der Waals surface area contributed by atoms with Crippen molar-refractivity contribution < 1.29 is 9.84 Å². The molecule has 0 aliphatic rings. The summed E-state index contributed by atoms with van der Waals surface area (Å²) in [5.74, 6) is 0.845. The predicted octanol–water partition coefficient (Wildman–Crippen LogP) is 3.23. The molecule has 0 bridgehead atoms. The number of rotatable bonds is 5. The first kappa shape index (κ1) is 13.0. The Morgan fingerprint density at radius 1 is 1.06 bits per heavy atom. The Hall–Kier alpha value is -1.02. The molecule has 2 nitrogen and oxygen atoms in total. The van der Waals surface area contributed by atoms with Gasteiger partial charge in [0.1, 0.15) is 12.4 Å². The summed E-state index contributed by atoms with van der Waals surface area (Å²) in [5, 5.41) is 10.1. The van der Waals surface area contributed by atoms with Crippen molar-refractivity contribution in [3.05, 3.63) is 29.3 Å². The van der Waals surface area contributed by atoms with Crippen LogP contribution >= 0.6 is 0 Å². The van der Waals surface area contributed by atoms with Crippen LogP contribution in [0.25, 0.3) is 0 Å². The zero-order valence-electron chi connectivity index (χ0n) is 10.7. The summed E-state index contributed by atoms with van der Waals surface area (Å²) in [5.41, 5.74) is 1.68. The average Bonchev–Trinajstić information content (AvgIpc) is 2.25. The van der Waals surface area contributed by atoms with E-state index in [1.807, 2.05) is 39.8 Å². The smallest absolute Gasteiger partial charge is 0.119 e. The molecule has 0 atom stereocenters. The van der Waals surface area contributed by atoms with Gasteiger partial charge in [-0.05, 0) is 49.9 Å². The largest absolute Gasteiger partial charge is 0.491 e. The van der Waals surface area contributed by atoms with Crippen LogP contribution in [0.15, 0.2) is 18.2 Å². The molecule has 0 aliphatic heterocycles. The molecule has 1 rings (SSSR count). The molecule has 0 saturated heterocycles. The van der Waals surface area contributed by atoms with E-state index in [0.29, 0.717) is 19.4 Å². The Balaban J connectivity index is 2.67. The van der Waals surface area contributed by atoms with E-state index in [0.717, 1.165) is 5.75 Å². The summed E-state index contributed by atoms with van der Waals surface area (Å²) in [7, 11) is 0. The van der Waals surface area contributed by atoms with Gasteiger partial charge in [0, 0.05) is 0 Å². The number of aryl methyl sites for hydroxylation is 2. The van der Waals surface area contributed by atoms with E-state index in [4.69, 9.17) is 4.74 Å². The molecule has 0 unspecified atom stereocenters. The Labute approximate surface area is 98.3 Å². The van der Waals surface area contributed by atoms with Gasteiger partial charge in [-0.3, -0.25) is 0 Å². The highest BCUT2D eigenvalue weighted by Crippen LogP contribution is 2.20. The molecule has 0 saturated carbocycles. The van der Waals surface area contributed by atoms with E-state index in [2.05, 4.69) is 6.07 Å². The lowest BCUT2D eigenvalue weighted by Crippen LogP contribution is -2.34. The third-order valence-corrected chi connectivity index (χ3v) is 3.02. The average molecular weight is 222 g/mol. The third-order valence-electron chi connectivity index (χ3n) is 3.02. The van der Waals surface area contributed by atoms with Crippen LogP contribution in [0.3, 0.4) is 0 Å². The summed E-state index contributed by atoms with van der Waals surface area (Å²) >= 11 is 0. The van der Waals surface area contributed by atoms with Crippen molar-refractivity contribution in [3.63, 3.8) is 0 Å². The van der Waals surface area contributed by atoms with E-state index < -0.39 is 5.60 Å². The highest BCUT2D eigenvalue weighted by molar-refractivity contribution is 5.33. The van der Waals surface area contributed by atoms with Crippen molar-refractivity contribution in [1.29, 1.82) is 0 Å². The zero-order chi connectivity index (χ0) is 12.2. The SMILES string of the molecule is CCC(O)(CC)COc1cc(C)cc(C)c1. The number of benzene rings is 1. The summed E-state index contributed by atoms with van der Waals surface area (Å²) in [4.78, 5) is 0. The minimum atomic E-state index is -0.697. The van der Waals surface area contributed by atoms with Gasteiger partial charge < -0.3 is 9.84 Å². The fourth-order valence-corrected chi connectivity index (χ4v) is 1.69. The first-order valence-electron chi connectivity index (χ1n) is 5.92. The Kier molecular flexibility index (Phi) is 4.36. The first-order chi connectivity index (χ1) is 7.49. The topological polar surface area (TPSA) is 29.5 Å². The highest BCUT2D eigenvalue weighted by atomic mass is 16.5. The van der Waals surface area contributed by atoms with E-state index in [1.54, 1.807) is 0 Å². The van der Waals surface area contributed by atoms with Crippen LogP contribution in [0, 0.1) is 13.8 Å². The van der Waals surface area contributed by atoms with Gasteiger partial charge in [-0.25, -0.2) is 0 Å². The van der Waals surface area contributed by atoms with Gasteiger partial charge in [-0.1, -0.05) is 19.9 Å². The normalized spacial score (nSPS) is 11.6. The predicted molar refractivity (Wildman–Crippen MR) is 66.9 cm³/mol. The molecule has 0 radical (unpaired) electrons. The fraction of sp³-hybridized carbons (Fsp3) is 0.571. The second-order valence-corrected chi connectivity index (χ2v) is 4.54. The van der Waals surface area contributed by atoms with Crippen LogP contribution in [0.5, 0.6) is 5.75 Å². The van der Waals surface area contributed by atoms with Crippen LogP contribution in [-0.2, 0) is 0 Å². The van der Waals surface area contributed by atoms with Crippen molar-refractivity contribution in [3.8, 4) is 5.75 Å². The number of aliphatic hydroxyl groups is 1. The van der Waals surface area contributed by atoms with Crippen LogP contribution in [0.4, 0.5) is 0 Å². The lowest BCUT2D eigenvalue weighted by molar-refractivity contribution is -0.0113. The summed E-state index contributed by atoms with van der Waals surface area (Å²) < 4.78 is 5.66. The van der Waals surface area contributed by atoms with Crippen LogP contribution in [0.1, 0.15) is 37.8 Å². The molecule has 0 spiro atoms. The first-order valence-corrected chi connectivity index (χ1v) is 5.92. The van der Waals surface area contributed by atoms with E-state index in [9.17, 15) is 5.11 Å². The van der Waals surface area contributed by atoms with Gasteiger partial charge in [-0.15, -0.1) is 0 Å². The third kappa shape index (κ3) is 3.53. The van der Waals surface area contributed by atoms with Gasteiger partial charge in [0.05, 0.1) is 5.60 Å². The lowest BCUT2D eigenvalue weighted by atomic mass is 9.99. The monoisotopic (exact) mass is 222 g/mol. The molecule has 16 heavy (non-hydrogen) atoms. The van der Waals surface area contributed by atoms with Gasteiger partial charge in [0.15, 0.2) is 0 Å². The van der Waals surface area contributed by atoms with E-state index in [1.165, 1.54) is 11.1 Å². The summed E-state index contributed by atoms with van der Waals surface area (Å²) in [6, 6.07) is 6.11. The number of ether oxygens (including phenoxy) is 1. The Bertz CT molecular complexity index is 320. The van der Waals surface area contributed by atoms with Crippen molar-refractivity contribution in [2.75, 3.05) is 6.61 Å². The molecule has 0 amide bonds. The zero-order valence-corrected chi connectivity index (χ0v) is 10.7. The van der Waals surface area contributed by atoms with Crippen molar-refractivity contribution >= 4 is 0 Å². The van der Waals surface area contributed by atoms with Crippen LogP contribution < -0.4 is 4.74 Å². The van der Waals surface area contributed by atoms with Gasteiger partial charge >= 0.3 is 0 Å². The van der Waals surface area contributed by atoms with Crippen LogP contribution in [-0.4, -0.2) is 17.3 Å². The standard InChI is InChI=1S/C14H22O2/c1-5-14(15,6-2)10-16-13-8-11(3)7-12(4)9-13/h7-9,15H,5-6,10H2,1-4H3. The Morgan fingerprint density at radius 2 is 1.56 bits per heavy atom. The number of hydrogen-bond donors (Lipinski definition) is 1. The van der Waals surface area contributed by atoms with E-state index in [-0.39, 0.29) is 0 Å². The maximum Gasteiger partial charge on any atom is 0.119 e. The number of hydrogen-bond acceptors (Lipinski definition) is 2. The fourth-order valence-electron chi connectivity index (χ4n) is 1.69. The molecule has 2 heteroatoms. The molecule has 0 heterocycles. The minimum absolute atomic E-state index is 0.364. The summed E-state index contributed by atoms with van der Waals surface area (Å²) in [6.45, 7) is 8.42. The molecule has 1 aromatic carbocycles. The molecule has 1 aromatic rings. The van der Waals surface area contributed by atoms with Crippen LogP contribution in [0.2, 0.25) is 0 Å². The van der Waals surface area contributed by atoms with E-state index >= 15 is 0 Å². The molecule has 0 aromatic heterocycles. The second kappa shape index (κ2) is 5.35. The summed E-state index contributed by atoms with van der Waals surface area (Å²) in [6.07, 6.45) is 1.43. The Morgan fingerprint density at radius 3 is 2.00 bits per heavy atom. The highest BCUT2D eigenvalue weighted by Gasteiger charge is 2.23. The van der Waals surface area contributed by atoms with Gasteiger partial charge in [0.25, 0.3) is 0 Å².